The smallest absolute Gasteiger partial charge is 0.271 e. The van der Waals surface area contributed by atoms with Crippen LogP contribution in [0.1, 0.15) is 70.9 Å². The molecule has 0 radical (unpaired) electrons. The first-order chi connectivity index (χ1) is 22.5. The minimum Gasteiger partial charge on any atom is -0.364 e. The molecule has 1 atom stereocenters. The highest BCUT2D eigenvalue weighted by Gasteiger charge is 2.32. The van der Waals surface area contributed by atoms with E-state index in [2.05, 4.69) is 49.7 Å². The normalized spacial score (nSPS) is 19.0. The summed E-state index contributed by atoms with van der Waals surface area (Å²) in [5.74, 6) is 0.816. The maximum atomic E-state index is 13.1. The molecular weight excluding hydrogens is 574 g/mol. The third-order valence-corrected chi connectivity index (χ3v) is 9.57. The number of hydrogen-bond acceptors (Lipinski definition) is 7. The summed E-state index contributed by atoms with van der Waals surface area (Å²) in [7, 11) is 0. The zero-order valence-electron chi connectivity index (χ0n) is 26.1. The van der Waals surface area contributed by atoms with Crippen molar-refractivity contribution in [2.75, 3.05) is 36.4 Å². The Morgan fingerprint density at radius 3 is 2.22 bits per heavy atom. The van der Waals surface area contributed by atoms with Crippen molar-refractivity contribution in [2.24, 2.45) is 5.73 Å². The Labute approximate surface area is 270 Å². The van der Waals surface area contributed by atoms with Gasteiger partial charge in [-0.3, -0.25) is 9.59 Å². The van der Waals surface area contributed by atoms with Crippen LogP contribution in [0.15, 0.2) is 85.1 Å². The van der Waals surface area contributed by atoms with Crippen LogP contribution in [-0.4, -0.2) is 64.9 Å². The minimum atomic E-state index is -0.636. The van der Waals surface area contributed by atoms with Gasteiger partial charge in [0.25, 0.3) is 11.8 Å². The van der Waals surface area contributed by atoms with Gasteiger partial charge in [0.2, 0.25) is 0 Å². The highest BCUT2D eigenvalue weighted by Crippen LogP contribution is 2.35. The van der Waals surface area contributed by atoms with Gasteiger partial charge in [-0.2, -0.15) is 0 Å². The number of aromatic nitrogens is 2. The average Bonchev–Trinajstić information content (AvgIpc) is 3.95. The SMILES string of the molecule is NC(=O)c1ncc(N2CCCC(NC(=O)c3ccc(-c4ccccc4)cc3)C2)nc1Nc1ccc(C2CCN(C3CC3)CC2)cc1. The Morgan fingerprint density at radius 1 is 0.804 bits per heavy atom. The van der Waals surface area contributed by atoms with E-state index < -0.39 is 5.91 Å². The largest absolute Gasteiger partial charge is 0.364 e. The van der Waals surface area contributed by atoms with Crippen molar-refractivity contribution in [3.63, 3.8) is 0 Å². The molecule has 1 aromatic heterocycles. The van der Waals surface area contributed by atoms with Gasteiger partial charge in [-0.1, -0.05) is 54.6 Å². The minimum absolute atomic E-state index is 0.0484. The molecule has 1 aliphatic carbocycles. The standard InChI is InChI=1S/C37H41N7O2/c38-35(45)34-36(40-30-14-12-27(13-15-30)28-18-21-43(22-19-28)32-16-17-32)42-33(23-39-34)44-20-4-7-31(24-44)41-37(46)29-10-8-26(9-11-29)25-5-2-1-3-6-25/h1-3,5-6,8-15,23,28,31-32H,4,7,16-22,24H2,(H2,38,45)(H,40,42)(H,41,46). The highest BCUT2D eigenvalue weighted by molar-refractivity contribution is 5.96. The molecule has 9 nitrogen and oxygen atoms in total. The van der Waals surface area contributed by atoms with E-state index in [0.717, 1.165) is 42.2 Å². The van der Waals surface area contributed by atoms with Crippen LogP contribution in [0.25, 0.3) is 11.1 Å². The zero-order valence-corrected chi connectivity index (χ0v) is 26.1. The van der Waals surface area contributed by atoms with E-state index in [-0.39, 0.29) is 17.6 Å². The van der Waals surface area contributed by atoms with Crippen molar-refractivity contribution in [3.8, 4) is 11.1 Å². The summed E-state index contributed by atoms with van der Waals surface area (Å²) in [6, 6.07) is 27.0. The van der Waals surface area contributed by atoms with E-state index in [0.29, 0.717) is 29.7 Å². The molecule has 2 aliphatic heterocycles. The van der Waals surface area contributed by atoms with Crippen LogP contribution in [0.4, 0.5) is 17.3 Å². The second kappa shape index (κ2) is 13.3. The first-order valence-electron chi connectivity index (χ1n) is 16.5. The number of likely N-dealkylation sites (tertiary alicyclic amines) is 1. The molecule has 2 amide bonds. The number of nitrogens with one attached hydrogen (secondary N) is 2. The second-order valence-corrected chi connectivity index (χ2v) is 12.8. The second-order valence-electron chi connectivity index (χ2n) is 12.8. The Bertz CT molecular complexity index is 1660. The van der Waals surface area contributed by atoms with Crippen LogP contribution in [0, 0.1) is 0 Å². The van der Waals surface area contributed by atoms with E-state index in [4.69, 9.17) is 10.7 Å². The van der Waals surface area contributed by atoms with Gasteiger partial charge in [-0.25, -0.2) is 9.97 Å². The van der Waals surface area contributed by atoms with Gasteiger partial charge in [-0.05, 0) is 98.5 Å². The first kappa shape index (κ1) is 29.9. The van der Waals surface area contributed by atoms with E-state index in [1.54, 1.807) is 6.20 Å². The molecular formula is C37H41N7O2. The quantitative estimate of drug-likeness (QED) is 0.220. The molecule has 3 heterocycles. The molecule has 7 rings (SSSR count). The van der Waals surface area contributed by atoms with Crippen LogP contribution >= 0.6 is 0 Å². The summed E-state index contributed by atoms with van der Waals surface area (Å²) in [5.41, 5.74) is 10.8. The van der Waals surface area contributed by atoms with Gasteiger partial charge in [0.1, 0.15) is 5.82 Å². The van der Waals surface area contributed by atoms with E-state index in [1.165, 1.54) is 44.3 Å². The Hall–Kier alpha value is -4.76. The third kappa shape index (κ3) is 6.89. The number of piperidine rings is 2. The van der Waals surface area contributed by atoms with Gasteiger partial charge in [0, 0.05) is 36.4 Å². The summed E-state index contributed by atoms with van der Waals surface area (Å²) in [6.07, 6.45) is 8.47. The Morgan fingerprint density at radius 2 is 1.52 bits per heavy atom. The number of carbonyl (C=O) groups is 2. The zero-order chi connectivity index (χ0) is 31.5. The van der Waals surface area contributed by atoms with Crippen LogP contribution in [-0.2, 0) is 0 Å². The summed E-state index contributed by atoms with van der Waals surface area (Å²) in [4.78, 5) is 39.3. The fourth-order valence-electron chi connectivity index (χ4n) is 6.83. The number of anilines is 3. The molecule has 0 bridgehead atoms. The van der Waals surface area contributed by atoms with Crippen LogP contribution < -0.4 is 21.3 Å². The molecule has 236 valence electrons. The van der Waals surface area contributed by atoms with E-state index >= 15 is 0 Å². The predicted molar refractivity (Wildman–Crippen MR) is 181 cm³/mol. The summed E-state index contributed by atoms with van der Waals surface area (Å²) >= 11 is 0. The molecule has 1 saturated carbocycles. The summed E-state index contributed by atoms with van der Waals surface area (Å²) < 4.78 is 0. The molecule has 46 heavy (non-hydrogen) atoms. The predicted octanol–water partition coefficient (Wildman–Crippen LogP) is 5.73. The molecule has 3 aliphatic rings. The number of nitrogens with two attached hydrogens (primary N) is 1. The Balaban J connectivity index is 0.994. The van der Waals surface area contributed by atoms with Gasteiger partial charge in [0.05, 0.1) is 6.20 Å². The highest BCUT2D eigenvalue weighted by atomic mass is 16.2. The monoisotopic (exact) mass is 615 g/mol. The lowest BCUT2D eigenvalue weighted by Gasteiger charge is -2.34. The van der Waals surface area contributed by atoms with Crippen LogP contribution in [0.5, 0.6) is 0 Å². The fourth-order valence-corrected chi connectivity index (χ4v) is 6.83. The van der Waals surface area contributed by atoms with Crippen LogP contribution in [0.2, 0.25) is 0 Å². The average molecular weight is 616 g/mol. The maximum Gasteiger partial charge on any atom is 0.271 e. The van der Waals surface area contributed by atoms with Gasteiger partial charge in [0.15, 0.2) is 11.5 Å². The number of amides is 2. The summed E-state index contributed by atoms with van der Waals surface area (Å²) in [5, 5.41) is 6.50. The number of primary amides is 1. The molecule has 4 N–H and O–H groups in total. The Kier molecular flexibility index (Phi) is 8.66. The van der Waals surface area contributed by atoms with Crippen molar-refractivity contribution in [1.29, 1.82) is 0 Å². The van der Waals surface area contributed by atoms with Gasteiger partial charge < -0.3 is 26.2 Å². The topological polar surface area (TPSA) is 116 Å². The number of hydrogen-bond donors (Lipinski definition) is 3. The maximum absolute atomic E-state index is 13.1. The summed E-state index contributed by atoms with van der Waals surface area (Å²) in [6.45, 7) is 3.73. The van der Waals surface area contributed by atoms with Crippen molar-refractivity contribution in [2.45, 2.75) is 56.5 Å². The molecule has 0 spiro atoms. The van der Waals surface area contributed by atoms with E-state index in [1.807, 2.05) is 54.6 Å². The fraction of sp³-hybridized carbons (Fsp3) is 0.351. The first-order valence-corrected chi connectivity index (χ1v) is 16.5. The number of benzene rings is 3. The van der Waals surface area contributed by atoms with E-state index in [9.17, 15) is 9.59 Å². The van der Waals surface area contributed by atoms with Crippen molar-refractivity contribution >= 4 is 29.1 Å². The lowest BCUT2D eigenvalue weighted by molar-refractivity contribution is 0.0932. The third-order valence-electron chi connectivity index (χ3n) is 9.57. The number of rotatable bonds is 9. The lowest BCUT2D eigenvalue weighted by Crippen LogP contribution is -2.48. The molecule has 3 fully saturated rings. The van der Waals surface area contributed by atoms with Crippen molar-refractivity contribution < 1.29 is 9.59 Å². The molecule has 9 heteroatoms. The van der Waals surface area contributed by atoms with Crippen molar-refractivity contribution in [1.82, 2.24) is 20.2 Å². The lowest BCUT2D eigenvalue weighted by atomic mass is 9.89. The molecule has 3 aromatic carbocycles. The van der Waals surface area contributed by atoms with Crippen LogP contribution in [0.3, 0.4) is 0 Å². The number of carbonyl (C=O) groups excluding carboxylic acids is 2. The molecule has 1 unspecified atom stereocenters. The van der Waals surface area contributed by atoms with Gasteiger partial charge >= 0.3 is 0 Å². The molecule has 2 saturated heterocycles. The number of nitrogens with zero attached hydrogens (tertiary/aromatic N) is 4. The van der Waals surface area contributed by atoms with Gasteiger partial charge in [-0.15, -0.1) is 0 Å². The molecule has 4 aromatic rings. The van der Waals surface area contributed by atoms with Crippen molar-refractivity contribution in [3.05, 3.63) is 102 Å².